The van der Waals surface area contributed by atoms with Gasteiger partial charge in [-0.15, -0.1) is 11.3 Å². The van der Waals surface area contributed by atoms with Crippen LogP contribution >= 0.6 is 11.3 Å². The van der Waals surface area contributed by atoms with Gasteiger partial charge in [0, 0.05) is 49.4 Å². The van der Waals surface area contributed by atoms with E-state index in [2.05, 4.69) is 42.4 Å². The zero-order valence-corrected chi connectivity index (χ0v) is 12.9. The molecule has 1 unspecified atom stereocenters. The first-order chi connectivity index (χ1) is 9.08. The van der Waals surface area contributed by atoms with Crippen LogP contribution in [0.5, 0.6) is 0 Å². The molecule has 1 N–H and O–H groups in total. The summed E-state index contributed by atoms with van der Waals surface area (Å²) in [6, 6.07) is 0. The van der Waals surface area contributed by atoms with E-state index in [-0.39, 0.29) is 0 Å². The highest BCUT2D eigenvalue weighted by Crippen LogP contribution is 2.19. The summed E-state index contributed by atoms with van der Waals surface area (Å²) in [6.07, 6.45) is 3.98. The van der Waals surface area contributed by atoms with Crippen LogP contribution in [-0.4, -0.2) is 21.3 Å². The first kappa shape index (κ1) is 14.2. The molecule has 2 heterocycles. The number of nitrogens with one attached hydrogen (secondary N) is 1. The summed E-state index contributed by atoms with van der Waals surface area (Å²) in [5, 5.41) is 11.3. The Hall–Kier alpha value is -1.20. The van der Waals surface area contributed by atoms with E-state index in [1.165, 1.54) is 16.3 Å². The summed E-state index contributed by atoms with van der Waals surface area (Å²) in [5.74, 6) is 0.925. The molecule has 1 atom stereocenters. The average molecular weight is 278 g/mol. The molecule has 19 heavy (non-hydrogen) atoms. The predicted octanol–water partition coefficient (Wildman–Crippen LogP) is 2.89. The molecule has 0 aliphatic carbocycles. The minimum absolute atomic E-state index is 0.458. The van der Waals surface area contributed by atoms with Crippen molar-refractivity contribution in [1.82, 2.24) is 20.1 Å². The van der Waals surface area contributed by atoms with Crippen molar-refractivity contribution in [2.75, 3.05) is 6.54 Å². The molecule has 0 aliphatic rings. The number of nitrogens with zero attached hydrogens (tertiary/aromatic N) is 3. The van der Waals surface area contributed by atoms with Crippen molar-refractivity contribution in [3.05, 3.63) is 34.0 Å². The highest BCUT2D eigenvalue weighted by molar-refractivity contribution is 7.09. The molecule has 0 spiro atoms. The standard InChI is InChI=1S/C14H22N4S/c1-10(2)13-12(9-18(4)17-13)8-15-7-11(3)14-16-5-6-19-14/h5-6,9-11,15H,7-8H2,1-4H3. The maximum Gasteiger partial charge on any atom is 0.0965 e. The van der Waals surface area contributed by atoms with Crippen LogP contribution in [0.3, 0.4) is 0 Å². The van der Waals surface area contributed by atoms with Crippen LogP contribution in [0.15, 0.2) is 17.8 Å². The van der Waals surface area contributed by atoms with E-state index in [0.29, 0.717) is 11.8 Å². The Morgan fingerprint density at radius 3 is 2.79 bits per heavy atom. The smallest absolute Gasteiger partial charge is 0.0965 e. The van der Waals surface area contributed by atoms with E-state index >= 15 is 0 Å². The van der Waals surface area contributed by atoms with Crippen molar-refractivity contribution in [2.24, 2.45) is 7.05 Å². The van der Waals surface area contributed by atoms with E-state index in [1.54, 1.807) is 11.3 Å². The highest BCUT2D eigenvalue weighted by atomic mass is 32.1. The Balaban J connectivity index is 1.89. The number of aromatic nitrogens is 3. The molecule has 0 aromatic carbocycles. The lowest BCUT2D eigenvalue weighted by Gasteiger charge is -2.10. The fourth-order valence-electron chi connectivity index (χ4n) is 2.17. The van der Waals surface area contributed by atoms with E-state index < -0.39 is 0 Å². The molecule has 0 saturated carbocycles. The zero-order valence-electron chi connectivity index (χ0n) is 12.1. The number of hydrogen-bond acceptors (Lipinski definition) is 4. The Bertz CT molecular complexity index is 502. The zero-order chi connectivity index (χ0) is 13.8. The molecule has 0 radical (unpaired) electrons. The van der Waals surface area contributed by atoms with E-state index in [1.807, 2.05) is 23.3 Å². The monoisotopic (exact) mass is 278 g/mol. The van der Waals surface area contributed by atoms with Crippen molar-refractivity contribution < 1.29 is 0 Å². The Kier molecular flexibility index (Phi) is 4.71. The average Bonchev–Trinajstić information content (AvgIpc) is 2.98. The lowest BCUT2D eigenvalue weighted by molar-refractivity contribution is 0.608. The van der Waals surface area contributed by atoms with Gasteiger partial charge in [-0.3, -0.25) is 4.68 Å². The molecule has 0 aliphatic heterocycles. The second-order valence-electron chi connectivity index (χ2n) is 5.27. The van der Waals surface area contributed by atoms with E-state index in [4.69, 9.17) is 0 Å². The first-order valence-electron chi connectivity index (χ1n) is 6.70. The number of thiazole rings is 1. The van der Waals surface area contributed by atoms with Gasteiger partial charge in [-0.1, -0.05) is 20.8 Å². The van der Waals surface area contributed by atoms with Crippen molar-refractivity contribution in [1.29, 1.82) is 0 Å². The molecule has 2 aromatic rings. The first-order valence-corrected chi connectivity index (χ1v) is 7.58. The third-order valence-electron chi connectivity index (χ3n) is 3.12. The summed E-state index contributed by atoms with van der Waals surface area (Å²) in [7, 11) is 1.98. The van der Waals surface area contributed by atoms with Crippen molar-refractivity contribution >= 4 is 11.3 Å². The summed E-state index contributed by atoms with van der Waals surface area (Å²) >= 11 is 1.72. The van der Waals surface area contributed by atoms with Crippen LogP contribution in [0.2, 0.25) is 0 Å². The number of rotatable bonds is 6. The molecule has 0 amide bonds. The minimum Gasteiger partial charge on any atom is -0.312 e. The van der Waals surface area contributed by atoms with Crippen LogP contribution in [-0.2, 0) is 13.6 Å². The van der Waals surface area contributed by atoms with Crippen molar-refractivity contribution in [3.63, 3.8) is 0 Å². The van der Waals surface area contributed by atoms with Crippen LogP contribution in [0, 0.1) is 0 Å². The van der Waals surface area contributed by atoms with Gasteiger partial charge in [0.15, 0.2) is 0 Å². The highest BCUT2D eigenvalue weighted by Gasteiger charge is 2.12. The van der Waals surface area contributed by atoms with Gasteiger partial charge in [-0.05, 0) is 5.92 Å². The van der Waals surface area contributed by atoms with Gasteiger partial charge in [0.1, 0.15) is 0 Å². The van der Waals surface area contributed by atoms with E-state index in [0.717, 1.165) is 13.1 Å². The predicted molar refractivity (Wildman–Crippen MR) is 79.5 cm³/mol. The SMILES string of the molecule is CC(C)c1nn(C)cc1CNCC(C)c1nccs1. The molecular formula is C14H22N4S. The van der Waals surface area contributed by atoms with Crippen LogP contribution < -0.4 is 5.32 Å². The second kappa shape index (κ2) is 6.30. The van der Waals surface area contributed by atoms with Gasteiger partial charge in [-0.25, -0.2) is 4.98 Å². The lowest BCUT2D eigenvalue weighted by atomic mass is 10.1. The minimum atomic E-state index is 0.458. The lowest BCUT2D eigenvalue weighted by Crippen LogP contribution is -2.20. The maximum absolute atomic E-state index is 4.52. The Morgan fingerprint density at radius 2 is 2.16 bits per heavy atom. The van der Waals surface area contributed by atoms with Gasteiger partial charge >= 0.3 is 0 Å². The summed E-state index contributed by atoms with van der Waals surface area (Å²) < 4.78 is 1.90. The Labute approximate surface area is 118 Å². The number of hydrogen-bond donors (Lipinski definition) is 1. The fourth-order valence-corrected chi connectivity index (χ4v) is 2.86. The third kappa shape index (κ3) is 3.64. The molecule has 2 aromatic heterocycles. The molecule has 104 valence electrons. The quantitative estimate of drug-likeness (QED) is 0.883. The van der Waals surface area contributed by atoms with Crippen LogP contribution in [0.25, 0.3) is 0 Å². The second-order valence-corrected chi connectivity index (χ2v) is 6.20. The van der Waals surface area contributed by atoms with Crippen molar-refractivity contribution in [2.45, 2.75) is 39.2 Å². The maximum atomic E-state index is 4.52. The van der Waals surface area contributed by atoms with Crippen LogP contribution in [0.4, 0.5) is 0 Å². The van der Waals surface area contributed by atoms with Gasteiger partial charge in [-0.2, -0.15) is 5.10 Å². The molecule has 0 bridgehead atoms. The van der Waals surface area contributed by atoms with Gasteiger partial charge < -0.3 is 5.32 Å². The normalized spacial score (nSPS) is 13.1. The third-order valence-corrected chi connectivity index (χ3v) is 4.13. The largest absolute Gasteiger partial charge is 0.312 e. The topological polar surface area (TPSA) is 42.7 Å². The van der Waals surface area contributed by atoms with E-state index in [9.17, 15) is 0 Å². The molecule has 0 saturated heterocycles. The van der Waals surface area contributed by atoms with Gasteiger partial charge in [0.05, 0.1) is 10.7 Å². The molecule has 5 heteroatoms. The summed E-state index contributed by atoms with van der Waals surface area (Å²) in [5.41, 5.74) is 2.49. The summed E-state index contributed by atoms with van der Waals surface area (Å²) in [4.78, 5) is 4.35. The molecule has 4 nitrogen and oxygen atoms in total. The summed E-state index contributed by atoms with van der Waals surface area (Å²) in [6.45, 7) is 8.39. The van der Waals surface area contributed by atoms with Crippen molar-refractivity contribution in [3.8, 4) is 0 Å². The molecule has 2 rings (SSSR count). The fraction of sp³-hybridized carbons (Fsp3) is 0.571. The van der Waals surface area contributed by atoms with Crippen LogP contribution in [0.1, 0.15) is 48.9 Å². The molecular weight excluding hydrogens is 256 g/mol. The molecule has 0 fully saturated rings. The number of aryl methyl sites for hydroxylation is 1. The van der Waals surface area contributed by atoms with Gasteiger partial charge in [0.2, 0.25) is 0 Å². The Morgan fingerprint density at radius 1 is 1.37 bits per heavy atom. The van der Waals surface area contributed by atoms with Gasteiger partial charge in [0.25, 0.3) is 0 Å².